The van der Waals surface area contributed by atoms with Crippen LogP contribution in [0.25, 0.3) is 11.0 Å². The zero-order valence-corrected chi connectivity index (χ0v) is 18.9. The third-order valence-electron chi connectivity index (χ3n) is 5.24. The molecule has 33 heavy (non-hydrogen) atoms. The van der Waals surface area contributed by atoms with Gasteiger partial charge in [-0.15, -0.1) is 5.10 Å². The van der Waals surface area contributed by atoms with Crippen LogP contribution in [-0.2, 0) is 4.57 Å². The van der Waals surface area contributed by atoms with Gasteiger partial charge in [-0.25, -0.2) is 9.25 Å². The van der Waals surface area contributed by atoms with Crippen molar-refractivity contribution in [2.45, 2.75) is 12.7 Å². The molecule has 0 aliphatic rings. The third kappa shape index (κ3) is 4.38. The molecule has 1 aromatic heterocycles. The van der Waals surface area contributed by atoms with Gasteiger partial charge in [0.05, 0.1) is 5.52 Å². The Bertz CT molecular complexity index is 1360. The number of fused-ring (bicyclic) bond motifs is 1. The van der Waals surface area contributed by atoms with Gasteiger partial charge in [0.15, 0.2) is 0 Å². The van der Waals surface area contributed by atoms with Gasteiger partial charge in [-0.3, -0.25) is 0 Å². The first-order valence-corrected chi connectivity index (χ1v) is 12.2. The van der Waals surface area contributed by atoms with Gasteiger partial charge < -0.3 is 9.05 Å². The summed E-state index contributed by atoms with van der Waals surface area (Å²) in [7, 11) is -3.94. The average molecular weight is 455 g/mol. The maximum Gasteiger partial charge on any atom is 0.459 e. The minimum atomic E-state index is -3.94. The molecule has 0 aliphatic heterocycles. The van der Waals surface area contributed by atoms with Crippen LogP contribution < -0.4 is 9.05 Å². The molecule has 0 saturated carbocycles. The number of hydrogen-bond donors (Lipinski definition) is 0. The Morgan fingerprint density at radius 1 is 0.727 bits per heavy atom. The number of hydrogen-bond acceptors (Lipinski definition) is 5. The lowest BCUT2D eigenvalue weighted by atomic mass is 10.1. The number of aryl methyl sites for hydroxylation is 1. The van der Waals surface area contributed by atoms with Crippen LogP contribution in [0.1, 0.15) is 16.9 Å². The Hall–Kier alpha value is -3.89. The Labute approximate surface area is 191 Å². The highest BCUT2D eigenvalue weighted by molar-refractivity contribution is 7.55. The summed E-state index contributed by atoms with van der Waals surface area (Å²) in [5.74, 6) is 0.0162. The highest BCUT2D eigenvalue weighted by Gasteiger charge is 2.44. The molecule has 0 N–H and O–H groups in total. The summed E-state index contributed by atoms with van der Waals surface area (Å²) < 4.78 is 28.7. The first-order chi connectivity index (χ1) is 16.1. The second-order valence-corrected chi connectivity index (χ2v) is 9.59. The number of benzene rings is 4. The molecule has 164 valence electrons. The summed E-state index contributed by atoms with van der Waals surface area (Å²) in [4.78, 5) is 0. The lowest BCUT2D eigenvalue weighted by Crippen LogP contribution is -2.19. The van der Waals surface area contributed by atoms with Crippen molar-refractivity contribution < 1.29 is 13.6 Å². The van der Waals surface area contributed by atoms with E-state index in [9.17, 15) is 4.57 Å². The first kappa shape index (κ1) is 21.0. The standard InChI is InChI=1S/C26H22N3O3P/c1-20-16-18-21(19-17-20)26(29-25-15-9-8-14-24(25)27-28-29)33(30,31-22-10-4-2-5-11-22)32-23-12-6-3-7-13-23/h2-19,26H,1H3. The summed E-state index contributed by atoms with van der Waals surface area (Å²) in [5, 5.41) is 8.67. The van der Waals surface area contributed by atoms with Gasteiger partial charge in [-0.2, -0.15) is 0 Å². The lowest BCUT2D eigenvalue weighted by molar-refractivity contribution is 0.360. The first-order valence-electron chi connectivity index (χ1n) is 10.6. The van der Waals surface area contributed by atoms with Crippen LogP contribution in [0.5, 0.6) is 11.5 Å². The van der Waals surface area contributed by atoms with Crippen molar-refractivity contribution in [2.75, 3.05) is 0 Å². The molecule has 6 nitrogen and oxygen atoms in total. The van der Waals surface area contributed by atoms with Crippen LogP contribution in [0.15, 0.2) is 109 Å². The summed E-state index contributed by atoms with van der Waals surface area (Å²) in [5.41, 5.74) is 3.26. The summed E-state index contributed by atoms with van der Waals surface area (Å²) in [6, 6.07) is 33.4. The molecule has 1 heterocycles. The van der Waals surface area contributed by atoms with Gasteiger partial charge in [-0.1, -0.05) is 83.6 Å². The van der Waals surface area contributed by atoms with Gasteiger partial charge in [0, 0.05) is 0 Å². The van der Waals surface area contributed by atoms with Crippen LogP contribution in [0.2, 0.25) is 0 Å². The second kappa shape index (κ2) is 8.93. The summed E-state index contributed by atoms with van der Waals surface area (Å²) in [6.45, 7) is 2.00. The Morgan fingerprint density at radius 3 is 1.88 bits per heavy atom. The summed E-state index contributed by atoms with van der Waals surface area (Å²) in [6.07, 6.45) is 0. The Morgan fingerprint density at radius 2 is 1.27 bits per heavy atom. The minimum Gasteiger partial charge on any atom is -0.414 e. The lowest BCUT2D eigenvalue weighted by Gasteiger charge is -2.28. The smallest absolute Gasteiger partial charge is 0.414 e. The fraction of sp³-hybridized carbons (Fsp3) is 0.0769. The molecule has 5 rings (SSSR count). The predicted octanol–water partition coefficient (Wildman–Crippen LogP) is 6.64. The molecule has 0 spiro atoms. The van der Waals surface area contributed by atoms with Crippen LogP contribution in [-0.4, -0.2) is 15.0 Å². The van der Waals surface area contributed by atoms with E-state index in [1.807, 2.05) is 91.9 Å². The monoisotopic (exact) mass is 455 g/mol. The molecule has 1 atom stereocenters. The fourth-order valence-electron chi connectivity index (χ4n) is 3.64. The average Bonchev–Trinajstić information content (AvgIpc) is 3.25. The van der Waals surface area contributed by atoms with Gasteiger partial charge in [-0.05, 0) is 48.9 Å². The van der Waals surface area contributed by atoms with E-state index in [2.05, 4.69) is 10.3 Å². The highest BCUT2D eigenvalue weighted by Crippen LogP contribution is 2.60. The molecule has 0 radical (unpaired) electrons. The zero-order chi connectivity index (χ0) is 22.7. The third-order valence-corrected chi connectivity index (χ3v) is 7.28. The van der Waals surface area contributed by atoms with E-state index in [1.54, 1.807) is 28.9 Å². The highest BCUT2D eigenvalue weighted by atomic mass is 31.2. The van der Waals surface area contributed by atoms with Gasteiger partial charge >= 0.3 is 7.60 Å². The molecule has 0 saturated heterocycles. The zero-order valence-electron chi connectivity index (χ0n) is 18.0. The normalized spacial score (nSPS) is 12.4. The fourth-order valence-corrected chi connectivity index (χ4v) is 5.68. The van der Waals surface area contributed by atoms with E-state index in [4.69, 9.17) is 9.05 Å². The Kier molecular flexibility index (Phi) is 5.68. The second-order valence-electron chi connectivity index (χ2n) is 7.66. The van der Waals surface area contributed by atoms with Crippen molar-refractivity contribution in [3.8, 4) is 11.5 Å². The number of para-hydroxylation sites is 3. The maximum absolute atomic E-state index is 14.7. The molecule has 1 unspecified atom stereocenters. The molecule has 0 aliphatic carbocycles. The maximum atomic E-state index is 14.7. The van der Waals surface area contributed by atoms with E-state index in [0.717, 1.165) is 16.6 Å². The van der Waals surface area contributed by atoms with Gasteiger partial charge in [0.25, 0.3) is 0 Å². The molecule has 4 aromatic carbocycles. The van der Waals surface area contributed by atoms with Crippen molar-refractivity contribution in [3.63, 3.8) is 0 Å². The van der Waals surface area contributed by atoms with E-state index < -0.39 is 13.4 Å². The van der Waals surface area contributed by atoms with Crippen LogP contribution in [0, 0.1) is 6.92 Å². The molecular weight excluding hydrogens is 433 g/mol. The van der Waals surface area contributed by atoms with E-state index in [1.165, 1.54) is 0 Å². The molecule has 7 heteroatoms. The van der Waals surface area contributed by atoms with Gasteiger partial charge in [0.2, 0.25) is 5.78 Å². The Balaban J connectivity index is 1.71. The van der Waals surface area contributed by atoms with Crippen LogP contribution >= 0.6 is 7.60 Å². The van der Waals surface area contributed by atoms with E-state index in [0.29, 0.717) is 17.0 Å². The number of aromatic nitrogens is 3. The predicted molar refractivity (Wildman–Crippen MR) is 129 cm³/mol. The number of nitrogens with zero attached hydrogens (tertiary/aromatic N) is 3. The molecule has 0 amide bonds. The van der Waals surface area contributed by atoms with Crippen LogP contribution in [0.4, 0.5) is 0 Å². The van der Waals surface area contributed by atoms with Crippen molar-refractivity contribution >= 4 is 18.6 Å². The SMILES string of the molecule is Cc1ccc(C(n2nnc3ccccc32)P(=O)(Oc2ccccc2)Oc2ccccc2)cc1. The number of rotatable bonds is 7. The van der Waals surface area contributed by atoms with Crippen molar-refractivity contribution in [2.24, 2.45) is 0 Å². The molecule has 5 aromatic rings. The molecule has 0 fully saturated rings. The van der Waals surface area contributed by atoms with Gasteiger partial charge in [0.1, 0.15) is 17.0 Å². The minimum absolute atomic E-state index is 0.443. The summed E-state index contributed by atoms with van der Waals surface area (Å²) >= 11 is 0. The van der Waals surface area contributed by atoms with E-state index in [-0.39, 0.29) is 0 Å². The van der Waals surface area contributed by atoms with Crippen molar-refractivity contribution in [1.29, 1.82) is 0 Å². The van der Waals surface area contributed by atoms with Crippen molar-refractivity contribution in [3.05, 3.63) is 120 Å². The molecule has 0 bridgehead atoms. The largest absolute Gasteiger partial charge is 0.459 e. The quantitative estimate of drug-likeness (QED) is 0.258. The molecular formula is C26H22N3O3P. The van der Waals surface area contributed by atoms with E-state index >= 15 is 0 Å². The van der Waals surface area contributed by atoms with Crippen LogP contribution in [0.3, 0.4) is 0 Å². The van der Waals surface area contributed by atoms with Crippen molar-refractivity contribution in [1.82, 2.24) is 15.0 Å². The topological polar surface area (TPSA) is 66.2 Å².